The molecule has 1 saturated carbocycles. The average molecular weight is 435 g/mol. The molecule has 3 aliphatic rings. The van der Waals surface area contributed by atoms with Gasteiger partial charge < -0.3 is 9.88 Å². The van der Waals surface area contributed by atoms with E-state index in [4.69, 9.17) is 4.98 Å². The van der Waals surface area contributed by atoms with Crippen LogP contribution in [0.15, 0.2) is 29.1 Å². The molecule has 2 aliphatic heterocycles. The Balaban J connectivity index is 1.42. The van der Waals surface area contributed by atoms with E-state index >= 15 is 0 Å². The smallest absolute Gasteiger partial charge is 0.254 e. The fourth-order valence-electron chi connectivity index (χ4n) is 5.80. The first-order chi connectivity index (χ1) is 15.6. The monoisotopic (exact) mass is 434 g/mol. The van der Waals surface area contributed by atoms with Crippen LogP contribution < -0.4 is 5.56 Å². The maximum absolute atomic E-state index is 13.4. The van der Waals surface area contributed by atoms with Gasteiger partial charge in [0.15, 0.2) is 0 Å². The van der Waals surface area contributed by atoms with E-state index in [-0.39, 0.29) is 17.5 Å². The minimum atomic E-state index is -0.167. The van der Waals surface area contributed by atoms with Gasteiger partial charge in [0.25, 0.3) is 11.5 Å². The number of aromatic nitrogens is 2. The van der Waals surface area contributed by atoms with Crippen molar-refractivity contribution in [2.24, 2.45) is 0 Å². The Bertz CT molecular complexity index is 1040. The lowest BCUT2D eigenvalue weighted by Crippen LogP contribution is -2.44. The number of amides is 1. The Kier molecular flexibility index (Phi) is 6.13. The van der Waals surface area contributed by atoms with Crippen LogP contribution in [-0.2, 0) is 13.0 Å². The van der Waals surface area contributed by atoms with Crippen LogP contribution in [0.2, 0.25) is 0 Å². The Morgan fingerprint density at radius 1 is 1.06 bits per heavy atom. The van der Waals surface area contributed by atoms with E-state index in [2.05, 4.69) is 9.88 Å². The van der Waals surface area contributed by atoms with Crippen LogP contribution >= 0.6 is 0 Å². The molecule has 2 fully saturated rings. The number of nitrogens with zero attached hydrogens (tertiary/aromatic N) is 3. The lowest BCUT2D eigenvalue weighted by molar-refractivity contribution is 0.0598. The summed E-state index contributed by atoms with van der Waals surface area (Å²) in [7, 11) is 0. The van der Waals surface area contributed by atoms with Crippen LogP contribution in [0.3, 0.4) is 0 Å². The number of hydrogen-bond donors (Lipinski definition) is 1. The highest BCUT2D eigenvalue weighted by Gasteiger charge is 2.33. The van der Waals surface area contributed by atoms with Crippen molar-refractivity contribution in [3.05, 3.63) is 62.8 Å². The summed E-state index contributed by atoms with van der Waals surface area (Å²) in [5.74, 6) is 0.697. The van der Waals surface area contributed by atoms with Crippen LogP contribution in [0, 0.1) is 6.92 Å². The second-order valence-electron chi connectivity index (χ2n) is 9.77. The van der Waals surface area contributed by atoms with Crippen LogP contribution in [0.4, 0.5) is 0 Å². The van der Waals surface area contributed by atoms with Crippen molar-refractivity contribution >= 4 is 5.91 Å². The van der Waals surface area contributed by atoms with Crippen molar-refractivity contribution in [1.82, 2.24) is 19.8 Å². The van der Waals surface area contributed by atoms with E-state index in [9.17, 15) is 9.59 Å². The SMILES string of the molecule is Cc1cccc(C(=O)N2CCCC[C@H]2c2nc3c(c(=O)[nH]2)CCN(C2CCCCC2)C3)c1. The molecule has 1 saturated heterocycles. The first-order valence-electron chi connectivity index (χ1n) is 12.3. The topological polar surface area (TPSA) is 69.3 Å². The number of benzene rings is 1. The van der Waals surface area contributed by atoms with E-state index < -0.39 is 0 Å². The lowest BCUT2D eigenvalue weighted by Gasteiger charge is -2.38. The van der Waals surface area contributed by atoms with E-state index in [1.54, 1.807) is 0 Å². The molecular formula is C26H34N4O2. The number of nitrogens with one attached hydrogen (secondary N) is 1. The summed E-state index contributed by atoms with van der Waals surface area (Å²) in [4.78, 5) is 38.9. The molecule has 1 amide bonds. The third-order valence-corrected chi connectivity index (χ3v) is 7.56. The maximum Gasteiger partial charge on any atom is 0.254 e. The molecule has 0 spiro atoms. The summed E-state index contributed by atoms with van der Waals surface area (Å²) in [5.41, 5.74) is 3.54. The zero-order valence-corrected chi connectivity index (χ0v) is 19.1. The van der Waals surface area contributed by atoms with Gasteiger partial charge in [0.1, 0.15) is 5.82 Å². The van der Waals surface area contributed by atoms with Gasteiger partial charge >= 0.3 is 0 Å². The molecule has 32 heavy (non-hydrogen) atoms. The van der Waals surface area contributed by atoms with Crippen LogP contribution in [0.5, 0.6) is 0 Å². The van der Waals surface area contributed by atoms with Crippen molar-refractivity contribution in [2.45, 2.75) is 83.3 Å². The molecule has 0 radical (unpaired) electrons. The van der Waals surface area contributed by atoms with Crippen molar-refractivity contribution < 1.29 is 4.79 Å². The van der Waals surface area contributed by atoms with Crippen molar-refractivity contribution in [3.63, 3.8) is 0 Å². The number of carbonyl (C=O) groups is 1. The highest BCUT2D eigenvalue weighted by atomic mass is 16.2. The lowest BCUT2D eigenvalue weighted by atomic mass is 9.92. The van der Waals surface area contributed by atoms with Gasteiger partial charge in [-0.25, -0.2) is 4.98 Å². The number of piperidine rings is 1. The van der Waals surface area contributed by atoms with Gasteiger partial charge in [0.05, 0.1) is 11.7 Å². The fourth-order valence-corrected chi connectivity index (χ4v) is 5.80. The fraction of sp³-hybridized carbons (Fsp3) is 0.577. The normalized spacial score (nSPS) is 22.5. The molecule has 1 aromatic carbocycles. The number of fused-ring (bicyclic) bond motifs is 1. The predicted molar refractivity (Wildman–Crippen MR) is 125 cm³/mol. The molecule has 3 heterocycles. The Hall–Kier alpha value is -2.47. The second-order valence-corrected chi connectivity index (χ2v) is 9.77. The molecule has 2 aromatic rings. The first-order valence-corrected chi connectivity index (χ1v) is 12.3. The predicted octanol–water partition coefficient (Wildman–Crippen LogP) is 4.14. The highest BCUT2D eigenvalue weighted by molar-refractivity contribution is 5.94. The van der Waals surface area contributed by atoms with Gasteiger partial charge in [-0.15, -0.1) is 0 Å². The highest BCUT2D eigenvalue weighted by Crippen LogP contribution is 2.32. The number of hydrogen-bond acceptors (Lipinski definition) is 4. The molecule has 6 nitrogen and oxygen atoms in total. The molecule has 1 aliphatic carbocycles. The third-order valence-electron chi connectivity index (χ3n) is 7.56. The zero-order chi connectivity index (χ0) is 22.1. The Labute approximate surface area is 190 Å². The molecule has 170 valence electrons. The minimum absolute atomic E-state index is 0.0122. The summed E-state index contributed by atoms with van der Waals surface area (Å²) in [6.07, 6.45) is 10.1. The summed E-state index contributed by atoms with van der Waals surface area (Å²) in [5, 5.41) is 0. The molecule has 0 unspecified atom stereocenters. The number of aromatic amines is 1. The first kappa shape index (κ1) is 21.4. The van der Waals surface area contributed by atoms with E-state index in [0.717, 1.165) is 55.6 Å². The zero-order valence-electron chi connectivity index (χ0n) is 19.1. The van der Waals surface area contributed by atoms with Crippen molar-refractivity contribution in [1.29, 1.82) is 0 Å². The number of likely N-dealkylation sites (tertiary alicyclic amines) is 1. The number of carbonyl (C=O) groups excluding carboxylic acids is 1. The summed E-state index contributed by atoms with van der Waals surface area (Å²) >= 11 is 0. The summed E-state index contributed by atoms with van der Waals surface area (Å²) < 4.78 is 0. The largest absolute Gasteiger partial charge is 0.328 e. The Morgan fingerprint density at radius 3 is 2.69 bits per heavy atom. The molecule has 0 bridgehead atoms. The third kappa shape index (κ3) is 4.25. The molecule has 6 heteroatoms. The quantitative estimate of drug-likeness (QED) is 0.788. The van der Waals surface area contributed by atoms with Gasteiger partial charge in [-0.2, -0.15) is 0 Å². The molecule has 1 N–H and O–H groups in total. The van der Waals surface area contributed by atoms with Gasteiger partial charge in [-0.3, -0.25) is 14.5 Å². The van der Waals surface area contributed by atoms with Crippen molar-refractivity contribution in [2.75, 3.05) is 13.1 Å². The Morgan fingerprint density at radius 2 is 1.88 bits per heavy atom. The van der Waals surface area contributed by atoms with E-state index in [1.807, 2.05) is 36.1 Å². The summed E-state index contributed by atoms with van der Waals surface area (Å²) in [6.45, 7) is 4.41. The molecule has 1 aromatic heterocycles. The average Bonchev–Trinajstić information content (AvgIpc) is 2.84. The van der Waals surface area contributed by atoms with Gasteiger partial charge in [-0.1, -0.05) is 37.0 Å². The second kappa shape index (κ2) is 9.18. The van der Waals surface area contributed by atoms with Crippen LogP contribution in [-0.4, -0.2) is 44.8 Å². The van der Waals surface area contributed by atoms with Crippen LogP contribution in [0.1, 0.15) is 90.4 Å². The standard InChI is InChI=1S/C26H34N4O2/c1-18-8-7-9-19(16-18)26(32)30-14-6-5-12-23(30)24-27-22-17-29(20-10-3-2-4-11-20)15-13-21(22)25(31)28-24/h7-9,16,20,23H,2-6,10-15,17H2,1H3,(H,27,28,31)/t23-/m0/s1. The number of aryl methyl sites for hydroxylation is 1. The summed E-state index contributed by atoms with van der Waals surface area (Å²) in [6, 6.07) is 8.21. The van der Waals surface area contributed by atoms with Crippen LogP contribution in [0.25, 0.3) is 0 Å². The molecule has 1 atom stereocenters. The maximum atomic E-state index is 13.4. The van der Waals surface area contributed by atoms with E-state index in [0.29, 0.717) is 24.0 Å². The van der Waals surface area contributed by atoms with Gasteiger partial charge in [0.2, 0.25) is 0 Å². The minimum Gasteiger partial charge on any atom is -0.328 e. The van der Waals surface area contributed by atoms with Gasteiger partial charge in [-0.05, 0) is 57.6 Å². The molecular weight excluding hydrogens is 400 g/mol. The molecule has 5 rings (SSSR count). The van der Waals surface area contributed by atoms with Gasteiger partial charge in [0, 0.05) is 36.8 Å². The number of rotatable bonds is 3. The van der Waals surface area contributed by atoms with Crippen molar-refractivity contribution in [3.8, 4) is 0 Å². The number of H-pyrrole nitrogens is 1. The van der Waals surface area contributed by atoms with E-state index in [1.165, 1.54) is 32.1 Å².